The number of nitrogens with zero attached hydrogens (tertiary/aromatic N) is 3. The van der Waals surface area contributed by atoms with Gasteiger partial charge in [0, 0.05) is 31.1 Å². The van der Waals surface area contributed by atoms with Crippen LogP contribution < -0.4 is 16.0 Å². The number of amides is 1. The van der Waals surface area contributed by atoms with Crippen molar-refractivity contribution in [3.63, 3.8) is 0 Å². The summed E-state index contributed by atoms with van der Waals surface area (Å²) in [6.07, 6.45) is 3.70. The zero-order valence-electron chi connectivity index (χ0n) is 14.4. The number of anilines is 2. The molecule has 130 valence electrons. The lowest BCUT2D eigenvalue weighted by Gasteiger charge is -2.20. The van der Waals surface area contributed by atoms with E-state index in [0.717, 1.165) is 31.7 Å². The van der Waals surface area contributed by atoms with Gasteiger partial charge in [-0.15, -0.1) is 0 Å². The van der Waals surface area contributed by atoms with Crippen molar-refractivity contribution < 1.29 is 4.79 Å². The van der Waals surface area contributed by atoms with Crippen LogP contribution in [0.3, 0.4) is 0 Å². The SMILES string of the molecule is Cc1ccc([C@@H]2CN(c3ccnc(N)n3)C[C@H]2NC(=O)C2CC2)cc1. The highest BCUT2D eigenvalue weighted by molar-refractivity contribution is 5.81. The number of nitrogen functional groups attached to an aromatic ring is 1. The molecule has 3 N–H and O–H groups in total. The number of hydrogen-bond donors (Lipinski definition) is 2. The smallest absolute Gasteiger partial charge is 0.223 e. The summed E-state index contributed by atoms with van der Waals surface area (Å²) < 4.78 is 0. The highest BCUT2D eigenvalue weighted by atomic mass is 16.2. The van der Waals surface area contributed by atoms with E-state index in [1.165, 1.54) is 11.1 Å². The standard InChI is InChI=1S/C19H23N5O/c1-12-2-4-13(5-3-12)15-10-24(17-8-9-21-19(20)23-17)11-16(15)22-18(25)14-6-7-14/h2-5,8-9,14-16H,6-7,10-11H2,1H3,(H,22,25)(H2,20,21,23)/t15-,16+/m0/s1. The molecule has 1 saturated carbocycles. The summed E-state index contributed by atoms with van der Waals surface area (Å²) >= 11 is 0. The largest absolute Gasteiger partial charge is 0.368 e. The van der Waals surface area contributed by atoms with Crippen LogP contribution in [0.5, 0.6) is 0 Å². The van der Waals surface area contributed by atoms with Crippen LogP contribution in [0, 0.1) is 12.8 Å². The predicted octanol–water partition coefficient (Wildman–Crippen LogP) is 1.87. The molecule has 2 aliphatic rings. The van der Waals surface area contributed by atoms with E-state index in [0.29, 0.717) is 0 Å². The fourth-order valence-corrected chi connectivity index (χ4v) is 3.47. The maximum Gasteiger partial charge on any atom is 0.223 e. The molecule has 2 atom stereocenters. The Balaban J connectivity index is 1.58. The van der Waals surface area contributed by atoms with E-state index < -0.39 is 0 Å². The van der Waals surface area contributed by atoms with Crippen LogP contribution in [0.2, 0.25) is 0 Å². The Morgan fingerprint density at radius 1 is 1.20 bits per heavy atom. The first-order valence-corrected chi connectivity index (χ1v) is 8.80. The number of benzene rings is 1. The number of aryl methyl sites for hydroxylation is 1. The van der Waals surface area contributed by atoms with Crippen molar-refractivity contribution in [2.45, 2.75) is 31.7 Å². The number of carbonyl (C=O) groups is 1. The highest BCUT2D eigenvalue weighted by Crippen LogP contribution is 2.33. The first-order chi connectivity index (χ1) is 12.1. The average molecular weight is 337 g/mol. The van der Waals surface area contributed by atoms with Gasteiger partial charge in [-0.2, -0.15) is 4.98 Å². The van der Waals surface area contributed by atoms with E-state index in [1.807, 2.05) is 6.07 Å². The second kappa shape index (κ2) is 6.35. The molecule has 2 heterocycles. The van der Waals surface area contributed by atoms with Crippen molar-refractivity contribution >= 4 is 17.7 Å². The van der Waals surface area contributed by atoms with Crippen molar-refractivity contribution in [3.05, 3.63) is 47.7 Å². The average Bonchev–Trinajstić information content (AvgIpc) is 3.37. The fraction of sp³-hybridized carbons (Fsp3) is 0.421. The van der Waals surface area contributed by atoms with Crippen LogP contribution in [0.4, 0.5) is 11.8 Å². The fourth-order valence-electron chi connectivity index (χ4n) is 3.47. The van der Waals surface area contributed by atoms with E-state index in [9.17, 15) is 4.79 Å². The molecule has 1 aliphatic carbocycles. The Labute approximate surface area is 147 Å². The topological polar surface area (TPSA) is 84.1 Å². The minimum Gasteiger partial charge on any atom is -0.368 e. The Kier molecular flexibility index (Phi) is 4.03. The summed E-state index contributed by atoms with van der Waals surface area (Å²) in [5.41, 5.74) is 8.22. The van der Waals surface area contributed by atoms with Gasteiger partial charge in [-0.3, -0.25) is 4.79 Å². The molecule has 0 radical (unpaired) electrons. The predicted molar refractivity (Wildman–Crippen MR) is 97.2 cm³/mol. The molecule has 4 rings (SSSR count). The van der Waals surface area contributed by atoms with Gasteiger partial charge in [-0.1, -0.05) is 29.8 Å². The summed E-state index contributed by atoms with van der Waals surface area (Å²) in [6, 6.07) is 10.5. The summed E-state index contributed by atoms with van der Waals surface area (Å²) in [5, 5.41) is 3.26. The van der Waals surface area contributed by atoms with Crippen LogP contribution in [0.1, 0.15) is 29.9 Å². The lowest BCUT2D eigenvalue weighted by atomic mass is 9.93. The Bertz CT molecular complexity index is 772. The maximum absolute atomic E-state index is 12.3. The van der Waals surface area contributed by atoms with E-state index in [-0.39, 0.29) is 29.7 Å². The third kappa shape index (κ3) is 3.43. The molecule has 1 saturated heterocycles. The Morgan fingerprint density at radius 2 is 1.96 bits per heavy atom. The zero-order valence-corrected chi connectivity index (χ0v) is 14.4. The maximum atomic E-state index is 12.3. The molecule has 6 heteroatoms. The molecule has 6 nitrogen and oxygen atoms in total. The van der Waals surface area contributed by atoms with Gasteiger partial charge in [0.05, 0.1) is 6.04 Å². The van der Waals surface area contributed by atoms with Crippen LogP contribution in [-0.4, -0.2) is 35.0 Å². The molecule has 1 aromatic carbocycles. The monoisotopic (exact) mass is 337 g/mol. The first kappa shape index (κ1) is 15.9. The minimum atomic E-state index is 0.0759. The van der Waals surface area contributed by atoms with Crippen molar-refractivity contribution in [1.29, 1.82) is 0 Å². The van der Waals surface area contributed by atoms with Crippen molar-refractivity contribution in [1.82, 2.24) is 15.3 Å². The summed E-state index contributed by atoms with van der Waals surface area (Å²) in [5.74, 6) is 1.72. The Morgan fingerprint density at radius 3 is 2.64 bits per heavy atom. The van der Waals surface area contributed by atoms with Gasteiger partial charge in [0.25, 0.3) is 0 Å². The van der Waals surface area contributed by atoms with Gasteiger partial charge in [0.2, 0.25) is 11.9 Å². The van der Waals surface area contributed by atoms with Crippen LogP contribution in [0.25, 0.3) is 0 Å². The van der Waals surface area contributed by atoms with E-state index >= 15 is 0 Å². The molecule has 0 bridgehead atoms. The van der Waals surface area contributed by atoms with E-state index in [1.54, 1.807) is 6.20 Å². The third-order valence-corrected chi connectivity index (χ3v) is 5.08. The molecular weight excluding hydrogens is 314 g/mol. The summed E-state index contributed by atoms with van der Waals surface area (Å²) in [4.78, 5) is 22.8. The normalized spacial score (nSPS) is 22.8. The number of hydrogen-bond acceptors (Lipinski definition) is 5. The van der Waals surface area contributed by atoms with Crippen LogP contribution in [-0.2, 0) is 4.79 Å². The second-order valence-corrected chi connectivity index (χ2v) is 7.08. The molecule has 2 aromatic rings. The highest BCUT2D eigenvalue weighted by Gasteiger charge is 2.38. The van der Waals surface area contributed by atoms with Gasteiger partial charge < -0.3 is 16.0 Å². The van der Waals surface area contributed by atoms with Gasteiger partial charge in [-0.25, -0.2) is 4.98 Å². The van der Waals surface area contributed by atoms with Gasteiger partial charge >= 0.3 is 0 Å². The minimum absolute atomic E-state index is 0.0759. The number of rotatable bonds is 4. The number of carbonyl (C=O) groups excluding carboxylic acids is 1. The lowest BCUT2D eigenvalue weighted by molar-refractivity contribution is -0.122. The molecule has 0 unspecified atom stereocenters. The van der Waals surface area contributed by atoms with E-state index in [2.05, 4.69) is 51.4 Å². The summed E-state index contributed by atoms with van der Waals surface area (Å²) in [6.45, 7) is 3.61. The van der Waals surface area contributed by atoms with Crippen molar-refractivity contribution in [3.8, 4) is 0 Å². The molecular formula is C19H23N5O. The van der Waals surface area contributed by atoms with Crippen molar-refractivity contribution in [2.75, 3.05) is 23.7 Å². The number of nitrogens with two attached hydrogens (primary N) is 1. The van der Waals surface area contributed by atoms with Crippen LogP contribution >= 0.6 is 0 Å². The van der Waals surface area contributed by atoms with E-state index in [4.69, 9.17) is 5.73 Å². The van der Waals surface area contributed by atoms with Crippen molar-refractivity contribution in [2.24, 2.45) is 5.92 Å². The Hall–Kier alpha value is -2.63. The second-order valence-electron chi connectivity index (χ2n) is 7.08. The third-order valence-electron chi connectivity index (χ3n) is 5.08. The number of nitrogens with one attached hydrogen (secondary N) is 1. The molecule has 0 spiro atoms. The van der Waals surface area contributed by atoms with Gasteiger partial charge in [-0.05, 0) is 31.4 Å². The molecule has 1 aromatic heterocycles. The van der Waals surface area contributed by atoms with Crippen LogP contribution in [0.15, 0.2) is 36.5 Å². The lowest BCUT2D eigenvalue weighted by Crippen LogP contribution is -2.40. The molecule has 2 fully saturated rings. The molecule has 25 heavy (non-hydrogen) atoms. The first-order valence-electron chi connectivity index (χ1n) is 8.80. The number of aromatic nitrogens is 2. The zero-order chi connectivity index (χ0) is 17.4. The van der Waals surface area contributed by atoms with Gasteiger partial charge in [0.15, 0.2) is 0 Å². The quantitative estimate of drug-likeness (QED) is 0.890. The molecule has 1 aliphatic heterocycles. The summed E-state index contributed by atoms with van der Waals surface area (Å²) in [7, 11) is 0. The van der Waals surface area contributed by atoms with Gasteiger partial charge in [0.1, 0.15) is 5.82 Å². The molecule has 1 amide bonds.